The Kier molecular flexibility index (Phi) is 4.39. The molecule has 1 aromatic carbocycles. The van der Waals surface area contributed by atoms with Gasteiger partial charge >= 0.3 is 5.97 Å². The molecule has 0 aliphatic rings. The van der Waals surface area contributed by atoms with E-state index in [4.69, 9.17) is 5.11 Å². The van der Waals surface area contributed by atoms with Gasteiger partial charge < -0.3 is 10.4 Å². The molecule has 5 heteroatoms. The summed E-state index contributed by atoms with van der Waals surface area (Å²) in [6.45, 7) is 3.59. The maximum Gasteiger partial charge on any atom is 0.346 e. The first kappa shape index (κ1) is 12.9. The molecule has 0 bridgehead atoms. The van der Waals surface area contributed by atoms with Crippen LogP contribution in [0.4, 0.5) is 5.69 Å². The molecule has 0 aromatic heterocycles. The fraction of sp³-hybridized carbons (Fsp3) is 0.250. The van der Waals surface area contributed by atoms with Gasteiger partial charge in [0.2, 0.25) is 5.91 Å². The summed E-state index contributed by atoms with van der Waals surface area (Å²) >= 11 is 0. The van der Waals surface area contributed by atoms with Gasteiger partial charge in [-0.25, -0.2) is 4.79 Å². The Morgan fingerprint density at radius 3 is 2.47 bits per heavy atom. The first-order valence-electron chi connectivity index (χ1n) is 5.09. The number of carbonyl (C=O) groups excluding carboxylic acids is 1. The number of anilines is 1. The van der Waals surface area contributed by atoms with Crippen molar-refractivity contribution in [2.45, 2.75) is 13.8 Å². The second-order valence-corrected chi connectivity index (χ2v) is 3.62. The Hall–Kier alpha value is -2.17. The summed E-state index contributed by atoms with van der Waals surface area (Å²) in [7, 11) is 0. The molecule has 0 spiro atoms. The largest absolute Gasteiger partial charge is 0.477 e. The first-order valence-corrected chi connectivity index (χ1v) is 5.09. The number of benzene rings is 1. The molecule has 17 heavy (non-hydrogen) atoms. The molecule has 0 radical (unpaired) electrons. The number of aliphatic imine (C=N–C) groups is 1. The van der Waals surface area contributed by atoms with E-state index in [1.807, 2.05) is 32.0 Å². The highest BCUT2D eigenvalue weighted by Crippen LogP contribution is 2.18. The zero-order valence-corrected chi connectivity index (χ0v) is 9.73. The molecule has 0 aliphatic carbocycles. The molecule has 0 unspecified atom stereocenters. The van der Waals surface area contributed by atoms with Gasteiger partial charge in [0.25, 0.3) is 0 Å². The van der Waals surface area contributed by atoms with Crippen LogP contribution < -0.4 is 5.32 Å². The zero-order chi connectivity index (χ0) is 12.8. The summed E-state index contributed by atoms with van der Waals surface area (Å²) in [4.78, 5) is 25.1. The number of para-hydroxylation sites is 1. The molecule has 5 nitrogen and oxygen atoms in total. The minimum atomic E-state index is -1.16. The van der Waals surface area contributed by atoms with Crippen LogP contribution >= 0.6 is 0 Å². The standard InChI is InChI=1S/C12H14N2O3/c1-8-4-3-5-9(2)12(8)14-10(15)6-13-7-11(16)17/h3-5,7H,6H2,1-2H3,(H,14,15)(H,16,17). The van der Waals surface area contributed by atoms with Crippen LogP contribution in [0.5, 0.6) is 0 Å². The number of carboxylic acids is 1. The number of carboxylic acid groups (broad SMARTS) is 1. The Labute approximate surface area is 99.2 Å². The van der Waals surface area contributed by atoms with Crippen LogP contribution in [0, 0.1) is 13.8 Å². The maximum atomic E-state index is 11.5. The van der Waals surface area contributed by atoms with Crippen LogP contribution in [-0.4, -0.2) is 29.7 Å². The summed E-state index contributed by atoms with van der Waals surface area (Å²) < 4.78 is 0. The smallest absolute Gasteiger partial charge is 0.346 e. The summed E-state index contributed by atoms with van der Waals surface area (Å²) in [6, 6.07) is 5.69. The molecule has 1 rings (SSSR count). The van der Waals surface area contributed by atoms with E-state index >= 15 is 0 Å². The number of carbonyl (C=O) groups is 2. The van der Waals surface area contributed by atoms with Crippen LogP contribution in [0.2, 0.25) is 0 Å². The molecular weight excluding hydrogens is 220 g/mol. The minimum Gasteiger partial charge on any atom is -0.477 e. The summed E-state index contributed by atoms with van der Waals surface area (Å²) in [5.41, 5.74) is 2.67. The van der Waals surface area contributed by atoms with Crippen LogP contribution in [0.15, 0.2) is 23.2 Å². The Morgan fingerprint density at radius 2 is 1.94 bits per heavy atom. The van der Waals surface area contributed by atoms with Crippen LogP contribution in [0.3, 0.4) is 0 Å². The van der Waals surface area contributed by atoms with Gasteiger partial charge in [-0.3, -0.25) is 9.79 Å². The van der Waals surface area contributed by atoms with Crippen molar-refractivity contribution in [2.75, 3.05) is 11.9 Å². The van der Waals surface area contributed by atoms with Crippen molar-refractivity contribution in [1.29, 1.82) is 0 Å². The Balaban J connectivity index is 2.65. The van der Waals surface area contributed by atoms with Crippen molar-refractivity contribution < 1.29 is 14.7 Å². The zero-order valence-electron chi connectivity index (χ0n) is 9.73. The van der Waals surface area contributed by atoms with Gasteiger partial charge in [-0.05, 0) is 25.0 Å². The van der Waals surface area contributed by atoms with E-state index in [0.717, 1.165) is 16.8 Å². The lowest BCUT2D eigenvalue weighted by Crippen LogP contribution is -2.17. The van der Waals surface area contributed by atoms with Crippen molar-refractivity contribution in [3.05, 3.63) is 29.3 Å². The van der Waals surface area contributed by atoms with Gasteiger partial charge in [0, 0.05) is 5.69 Å². The quantitative estimate of drug-likeness (QED) is 0.773. The molecule has 90 valence electrons. The topological polar surface area (TPSA) is 78.8 Å². The van der Waals surface area contributed by atoms with Crippen molar-refractivity contribution in [3.8, 4) is 0 Å². The average Bonchev–Trinajstić information content (AvgIpc) is 2.23. The van der Waals surface area contributed by atoms with Gasteiger partial charge in [0.05, 0.1) is 0 Å². The number of nitrogens with one attached hydrogen (secondary N) is 1. The highest BCUT2D eigenvalue weighted by atomic mass is 16.4. The van der Waals surface area contributed by atoms with E-state index in [0.29, 0.717) is 6.21 Å². The molecule has 1 aromatic rings. The number of hydrogen-bond acceptors (Lipinski definition) is 3. The molecule has 0 fully saturated rings. The van der Waals surface area contributed by atoms with Crippen molar-refractivity contribution in [2.24, 2.45) is 4.99 Å². The number of nitrogens with zero attached hydrogens (tertiary/aromatic N) is 1. The second-order valence-electron chi connectivity index (χ2n) is 3.62. The minimum absolute atomic E-state index is 0.194. The van der Waals surface area contributed by atoms with Gasteiger partial charge in [-0.2, -0.15) is 0 Å². The van der Waals surface area contributed by atoms with Gasteiger partial charge in [0.1, 0.15) is 12.8 Å². The van der Waals surface area contributed by atoms with Crippen molar-refractivity contribution >= 4 is 23.8 Å². The first-order chi connectivity index (χ1) is 8.00. The van der Waals surface area contributed by atoms with Gasteiger partial charge in [0.15, 0.2) is 0 Å². The molecule has 0 atom stereocenters. The summed E-state index contributed by atoms with van der Waals surface area (Å²) in [5, 5.41) is 11.0. The number of aliphatic carboxylic acids is 1. The van der Waals surface area contributed by atoms with Crippen molar-refractivity contribution in [1.82, 2.24) is 0 Å². The van der Waals surface area contributed by atoms with Crippen LogP contribution in [0.25, 0.3) is 0 Å². The number of hydrogen-bond donors (Lipinski definition) is 2. The Morgan fingerprint density at radius 1 is 1.35 bits per heavy atom. The third-order valence-corrected chi connectivity index (χ3v) is 2.18. The lowest BCUT2D eigenvalue weighted by atomic mass is 10.1. The third kappa shape index (κ3) is 4.06. The van der Waals surface area contributed by atoms with E-state index in [-0.39, 0.29) is 12.5 Å². The molecule has 0 aliphatic heterocycles. The predicted molar refractivity (Wildman–Crippen MR) is 65.5 cm³/mol. The van der Waals surface area contributed by atoms with E-state index in [9.17, 15) is 9.59 Å². The molecule has 1 amide bonds. The Bertz CT molecular complexity index is 447. The molecule has 0 saturated carbocycles. The number of aryl methyl sites for hydroxylation is 2. The molecule has 0 heterocycles. The number of rotatable bonds is 4. The second kappa shape index (κ2) is 5.79. The fourth-order valence-corrected chi connectivity index (χ4v) is 1.40. The van der Waals surface area contributed by atoms with E-state index in [1.165, 1.54) is 0 Å². The van der Waals surface area contributed by atoms with Crippen LogP contribution in [-0.2, 0) is 9.59 Å². The third-order valence-electron chi connectivity index (χ3n) is 2.18. The van der Waals surface area contributed by atoms with Gasteiger partial charge in [-0.1, -0.05) is 18.2 Å². The molecule has 0 saturated heterocycles. The predicted octanol–water partition coefficient (Wildman–Crippen LogP) is 1.40. The van der Waals surface area contributed by atoms with E-state index in [2.05, 4.69) is 10.3 Å². The lowest BCUT2D eigenvalue weighted by molar-refractivity contribution is -0.128. The van der Waals surface area contributed by atoms with Gasteiger partial charge in [-0.15, -0.1) is 0 Å². The SMILES string of the molecule is Cc1cccc(C)c1NC(=O)CN=CC(=O)O. The van der Waals surface area contributed by atoms with E-state index < -0.39 is 5.97 Å². The highest BCUT2D eigenvalue weighted by molar-refractivity contribution is 6.22. The monoisotopic (exact) mass is 234 g/mol. The summed E-state index contributed by atoms with van der Waals surface area (Å²) in [5.74, 6) is -1.50. The normalized spacial score (nSPS) is 10.5. The molecule has 2 N–H and O–H groups in total. The van der Waals surface area contributed by atoms with Crippen LogP contribution in [0.1, 0.15) is 11.1 Å². The summed E-state index contributed by atoms with van der Waals surface area (Å²) in [6.07, 6.45) is 0.713. The van der Waals surface area contributed by atoms with Crippen molar-refractivity contribution in [3.63, 3.8) is 0 Å². The van der Waals surface area contributed by atoms with E-state index in [1.54, 1.807) is 0 Å². The number of amides is 1. The highest BCUT2D eigenvalue weighted by Gasteiger charge is 2.06. The molecular formula is C12H14N2O3. The maximum absolute atomic E-state index is 11.5. The lowest BCUT2D eigenvalue weighted by Gasteiger charge is -2.10. The fourth-order valence-electron chi connectivity index (χ4n) is 1.40. The average molecular weight is 234 g/mol.